The van der Waals surface area contributed by atoms with Gasteiger partial charge in [0, 0.05) is 39.4 Å². The second-order valence-corrected chi connectivity index (χ2v) is 6.92. The van der Waals surface area contributed by atoms with Gasteiger partial charge in [0.25, 0.3) is 5.56 Å². The molecule has 1 atom stereocenters. The van der Waals surface area contributed by atoms with Crippen LogP contribution in [0.4, 0.5) is 0 Å². The smallest absolute Gasteiger partial charge is 0.327 e. The van der Waals surface area contributed by atoms with Crippen LogP contribution in [-0.4, -0.2) is 41.0 Å². The van der Waals surface area contributed by atoms with E-state index < -0.39 is 26.2 Å². The van der Waals surface area contributed by atoms with Crippen LogP contribution in [0.5, 0.6) is 0 Å². The monoisotopic (exact) mass is 302 g/mol. The fourth-order valence-electron chi connectivity index (χ4n) is 2.28. The first-order valence-corrected chi connectivity index (χ1v) is 7.71. The van der Waals surface area contributed by atoms with Gasteiger partial charge >= 0.3 is 5.69 Å². The lowest BCUT2D eigenvalue weighted by molar-refractivity contribution is 0.315. The first-order chi connectivity index (χ1) is 9.25. The number of nitrogens with zero attached hydrogens (tertiary/aromatic N) is 3. The zero-order valence-electron chi connectivity index (χ0n) is 11.4. The molecule has 0 spiro atoms. The van der Waals surface area contributed by atoms with E-state index in [0.29, 0.717) is 13.0 Å². The van der Waals surface area contributed by atoms with Gasteiger partial charge in [-0.3, -0.25) is 9.36 Å². The van der Waals surface area contributed by atoms with Gasteiger partial charge in [0.1, 0.15) is 0 Å². The van der Waals surface area contributed by atoms with Crippen molar-refractivity contribution in [3.05, 3.63) is 27.0 Å². The number of sulfonamides is 1. The van der Waals surface area contributed by atoms with Crippen LogP contribution in [0.1, 0.15) is 12.8 Å². The molecule has 9 heteroatoms. The lowest BCUT2D eigenvalue weighted by Crippen LogP contribution is -2.48. The van der Waals surface area contributed by atoms with Crippen LogP contribution >= 0.6 is 0 Å². The summed E-state index contributed by atoms with van der Waals surface area (Å²) in [6.07, 6.45) is 2.49. The van der Waals surface area contributed by atoms with E-state index >= 15 is 0 Å². The lowest BCUT2D eigenvalue weighted by atomic mass is 10.1. The lowest BCUT2D eigenvalue weighted by Gasteiger charge is -2.29. The van der Waals surface area contributed by atoms with Gasteiger partial charge in [0.15, 0.2) is 4.90 Å². The third kappa shape index (κ3) is 2.43. The molecule has 0 aliphatic carbocycles. The van der Waals surface area contributed by atoms with Crippen LogP contribution < -0.4 is 17.0 Å². The summed E-state index contributed by atoms with van der Waals surface area (Å²) in [5.41, 5.74) is 4.40. The SMILES string of the molecule is Cn1cc(S(=O)(=O)N2CCC[C@@H](N)C2)c(=O)n(C)c1=O. The van der Waals surface area contributed by atoms with Crippen molar-refractivity contribution in [2.24, 2.45) is 19.8 Å². The van der Waals surface area contributed by atoms with Crippen molar-refractivity contribution in [3.8, 4) is 0 Å². The zero-order chi connectivity index (χ0) is 15.1. The molecule has 20 heavy (non-hydrogen) atoms. The standard InChI is InChI=1S/C11H18N4O4S/c1-13-7-9(10(16)14(2)11(13)17)20(18,19)15-5-3-4-8(12)6-15/h7-8H,3-6,12H2,1-2H3/t8-/m1/s1. The van der Waals surface area contributed by atoms with Crippen LogP contribution in [0.15, 0.2) is 20.7 Å². The van der Waals surface area contributed by atoms with E-state index in [4.69, 9.17) is 5.73 Å². The molecule has 0 bridgehead atoms. The Hall–Kier alpha value is -1.45. The molecule has 1 aromatic heterocycles. The number of piperidine rings is 1. The molecule has 0 saturated carbocycles. The van der Waals surface area contributed by atoms with Gasteiger partial charge in [-0.25, -0.2) is 13.2 Å². The van der Waals surface area contributed by atoms with Crippen LogP contribution in [-0.2, 0) is 24.1 Å². The van der Waals surface area contributed by atoms with Crippen molar-refractivity contribution < 1.29 is 8.42 Å². The summed E-state index contributed by atoms with van der Waals surface area (Å²) in [6, 6.07) is -0.227. The number of aryl methyl sites for hydroxylation is 1. The molecular weight excluding hydrogens is 284 g/mol. The molecule has 0 unspecified atom stereocenters. The molecule has 8 nitrogen and oxygen atoms in total. The summed E-state index contributed by atoms with van der Waals surface area (Å²) >= 11 is 0. The largest absolute Gasteiger partial charge is 0.330 e. The average Bonchev–Trinajstić information content (AvgIpc) is 2.40. The maximum atomic E-state index is 12.5. The molecule has 0 aromatic carbocycles. The molecule has 2 N–H and O–H groups in total. The third-order valence-electron chi connectivity index (χ3n) is 3.45. The Kier molecular flexibility index (Phi) is 3.85. The minimum atomic E-state index is -3.93. The molecule has 1 aromatic rings. The van der Waals surface area contributed by atoms with Crippen LogP contribution in [0.3, 0.4) is 0 Å². The van der Waals surface area contributed by atoms with E-state index in [2.05, 4.69) is 0 Å². The zero-order valence-corrected chi connectivity index (χ0v) is 12.3. The summed E-state index contributed by atoms with van der Waals surface area (Å²) in [5, 5.41) is 0. The molecule has 1 aliphatic rings. The Bertz CT molecular complexity index is 734. The highest BCUT2D eigenvalue weighted by atomic mass is 32.2. The van der Waals surface area contributed by atoms with Crippen molar-refractivity contribution in [3.63, 3.8) is 0 Å². The fraction of sp³-hybridized carbons (Fsp3) is 0.636. The average molecular weight is 302 g/mol. The van der Waals surface area contributed by atoms with Gasteiger partial charge in [-0.2, -0.15) is 4.31 Å². The maximum absolute atomic E-state index is 12.5. The van der Waals surface area contributed by atoms with Gasteiger partial charge in [-0.15, -0.1) is 0 Å². The minimum Gasteiger partial charge on any atom is -0.327 e. The van der Waals surface area contributed by atoms with Crippen molar-refractivity contribution in [1.82, 2.24) is 13.4 Å². The number of nitrogens with two attached hydrogens (primary N) is 1. The molecular formula is C11H18N4O4S. The van der Waals surface area contributed by atoms with E-state index in [1.807, 2.05) is 0 Å². The topological polar surface area (TPSA) is 107 Å². The maximum Gasteiger partial charge on any atom is 0.330 e. The Balaban J connectivity index is 2.56. The quantitative estimate of drug-likeness (QED) is 0.693. The van der Waals surface area contributed by atoms with Crippen molar-refractivity contribution in [1.29, 1.82) is 0 Å². The van der Waals surface area contributed by atoms with E-state index in [1.54, 1.807) is 0 Å². The van der Waals surface area contributed by atoms with E-state index in [9.17, 15) is 18.0 Å². The Labute approximate surface area is 116 Å². The second-order valence-electron chi connectivity index (χ2n) is 5.02. The summed E-state index contributed by atoms with van der Waals surface area (Å²) < 4.78 is 28.1. The number of hydrogen-bond acceptors (Lipinski definition) is 5. The van der Waals surface area contributed by atoms with Gasteiger partial charge in [-0.1, -0.05) is 0 Å². The number of aromatic nitrogens is 2. The van der Waals surface area contributed by atoms with Crippen molar-refractivity contribution in [2.75, 3.05) is 13.1 Å². The molecule has 0 radical (unpaired) electrons. The van der Waals surface area contributed by atoms with Crippen molar-refractivity contribution >= 4 is 10.0 Å². The van der Waals surface area contributed by atoms with Gasteiger partial charge in [-0.05, 0) is 12.8 Å². The van der Waals surface area contributed by atoms with Crippen LogP contribution in [0.2, 0.25) is 0 Å². The summed E-state index contributed by atoms with van der Waals surface area (Å²) in [4.78, 5) is 23.2. The summed E-state index contributed by atoms with van der Waals surface area (Å²) in [7, 11) is -1.27. The highest BCUT2D eigenvalue weighted by Crippen LogP contribution is 2.17. The predicted molar refractivity (Wildman–Crippen MR) is 72.9 cm³/mol. The molecule has 1 aliphatic heterocycles. The van der Waals surface area contributed by atoms with Crippen LogP contribution in [0, 0.1) is 0 Å². The third-order valence-corrected chi connectivity index (χ3v) is 5.30. The Morgan fingerprint density at radius 1 is 1.30 bits per heavy atom. The fourth-order valence-corrected chi connectivity index (χ4v) is 3.97. The Morgan fingerprint density at radius 2 is 1.95 bits per heavy atom. The number of hydrogen-bond donors (Lipinski definition) is 1. The summed E-state index contributed by atoms with van der Waals surface area (Å²) in [6.45, 7) is 0.524. The van der Waals surface area contributed by atoms with E-state index in [-0.39, 0.29) is 12.6 Å². The number of rotatable bonds is 2. The molecule has 112 valence electrons. The van der Waals surface area contributed by atoms with E-state index in [1.165, 1.54) is 18.4 Å². The van der Waals surface area contributed by atoms with Crippen LogP contribution in [0.25, 0.3) is 0 Å². The van der Waals surface area contributed by atoms with E-state index in [0.717, 1.165) is 21.8 Å². The highest BCUT2D eigenvalue weighted by Gasteiger charge is 2.31. The molecule has 2 rings (SSSR count). The molecule has 1 saturated heterocycles. The second kappa shape index (κ2) is 5.15. The Morgan fingerprint density at radius 3 is 2.55 bits per heavy atom. The first-order valence-electron chi connectivity index (χ1n) is 6.27. The highest BCUT2D eigenvalue weighted by molar-refractivity contribution is 7.89. The minimum absolute atomic E-state index is 0.189. The van der Waals surface area contributed by atoms with Gasteiger partial charge in [0.2, 0.25) is 10.0 Å². The normalized spacial score (nSPS) is 21.1. The van der Waals surface area contributed by atoms with Crippen molar-refractivity contribution in [2.45, 2.75) is 23.8 Å². The molecule has 1 fully saturated rings. The first kappa shape index (κ1) is 14.9. The van der Waals surface area contributed by atoms with Gasteiger partial charge < -0.3 is 10.3 Å². The predicted octanol–water partition coefficient (Wildman–Crippen LogP) is -1.80. The molecule has 0 amide bonds. The van der Waals surface area contributed by atoms with Gasteiger partial charge in [0.05, 0.1) is 0 Å². The summed E-state index contributed by atoms with van der Waals surface area (Å²) in [5.74, 6) is 0. The molecule has 2 heterocycles.